The molecule has 140 valence electrons. The van der Waals surface area contributed by atoms with Crippen LogP contribution in [0.15, 0.2) is 24.3 Å². The normalized spacial score (nSPS) is 21.5. The van der Waals surface area contributed by atoms with Gasteiger partial charge in [-0.3, -0.25) is 0 Å². The SMILES string of the molecule is Cc1cc(C)c([N]2[AlH2-][N](c3c(C)cc(C)cc3C)C(C)CC2C)c(C)c1. The second-order valence-corrected chi connectivity index (χ2v) is 11.2. The molecule has 1 saturated heterocycles. The molecule has 0 amide bonds. The van der Waals surface area contributed by atoms with Crippen LogP contribution in [0.5, 0.6) is 0 Å². The summed E-state index contributed by atoms with van der Waals surface area (Å²) in [6.45, 7) is 18.4. The minimum absolute atomic E-state index is 0.635. The summed E-state index contributed by atoms with van der Waals surface area (Å²) in [4.78, 5) is 0. The van der Waals surface area contributed by atoms with E-state index in [-0.39, 0.29) is 0 Å². The first-order valence-electron chi connectivity index (χ1n) is 10.1. The van der Waals surface area contributed by atoms with Crippen molar-refractivity contribution in [2.75, 3.05) is 7.77 Å². The molecule has 3 heteroatoms. The Morgan fingerprint density at radius 1 is 0.654 bits per heavy atom. The summed E-state index contributed by atoms with van der Waals surface area (Å²) < 4.78 is 5.62. The smallest absolute Gasteiger partial charge is 0.354 e. The number of anilines is 2. The molecule has 0 spiro atoms. The highest BCUT2D eigenvalue weighted by molar-refractivity contribution is 6.48. The van der Waals surface area contributed by atoms with E-state index in [1.807, 2.05) is 0 Å². The molecule has 0 N–H and O–H groups in total. The lowest BCUT2D eigenvalue weighted by Gasteiger charge is -2.56. The third-order valence-corrected chi connectivity index (χ3v) is 9.93. The molecule has 3 rings (SSSR count). The van der Waals surface area contributed by atoms with Gasteiger partial charge in [0.15, 0.2) is 0 Å². The summed E-state index contributed by atoms with van der Waals surface area (Å²) in [6, 6.07) is 10.7. The zero-order chi connectivity index (χ0) is 19.2. The highest BCUT2D eigenvalue weighted by atomic mass is 27.1. The second-order valence-electron chi connectivity index (χ2n) is 8.85. The Kier molecular flexibility index (Phi) is 5.43. The van der Waals surface area contributed by atoms with Gasteiger partial charge in [0, 0.05) is 0 Å². The van der Waals surface area contributed by atoms with Gasteiger partial charge in [-0.15, -0.1) is 0 Å². The molecule has 26 heavy (non-hydrogen) atoms. The van der Waals surface area contributed by atoms with Crippen LogP contribution >= 0.6 is 0 Å². The Balaban J connectivity index is 2.04. The average Bonchev–Trinajstić information content (AvgIpc) is 2.49. The standard InChI is InChI=1S/C23H32N2.Al.2H/c1-14-9-16(3)22(17(4)10-14)24-20(7)13-21(8)25-23-18(5)11-15(2)12-19(23)6;;;/h9-12,20-21H,13H2,1-8H3;;;/q-2;+1;;. The number of aryl methyl sites for hydroxylation is 6. The summed E-state index contributed by atoms with van der Waals surface area (Å²) in [5.74, 6) is 0. The molecule has 2 aromatic rings. The van der Waals surface area contributed by atoms with Gasteiger partial charge in [0.2, 0.25) is 0 Å². The van der Waals surface area contributed by atoms with Crippen molar-refractivity contribution in [3.63, 3.8) is 0 Å². The maximum atomic E-state index is 2.81. The monoisotopic (exact) mass is 365 g/mol. The molecular weight excluding hydrogens is 331 g/mol. The topological polar surface area (TPSA) is 6.48 Å². The van der Waals surface area contributed by atoms with Crippen molar-refractivity contribution in [1.82, 2.24) is 0 Å². The number of benzene rings is 2. The number of hydrogen-bond acceptors (Lipinski definition) is 2. The second kappa shape index (κ2) is 7.30. The van der Waals surface area contributed by atoms with Crippen molar-refractivity contribution < 1.29 is 0 Å². The minimum atomic E-state index is -1.22. The summed E-state index contributed by atoms with van der Waals surface area (Å²) in [6.07, 6.45) is 1.23. The molecule has 0 saturated carbocycles. The van der Waals surface area contributed by atoms with Crippen molar-refractivity contribution in [2.45, 2.75) is 73.9 Å². The van der Waals surface area contributed by atoms with Crippen LogP contribution in [-0.2, 0) is 0 Å². The van der Waals surface area contributed by atoms with Crippen molar-refractivity contribution in [1.29, 1.82) is 0 Å². The molecule has 0 bridgehead atoms. The van der Waals surface area contributed by atoms with E-state index in [0.717, 1.165) is 0 Å². The fourth-order valence-electron chi connectivity index (χ4n) is 5.53. The van der Waals surface area contributed by atoms with Crippen LogP contribution in [-0.4, -0.2) is 27.7 Å². The lowest BCUT2D eigenvalue weighted by atomic mass is 10.0. The van der Waals surface area contributed by atoms with Gasteiger partial charge >= 0.3 is 15.7 Å². The predicted octanol–water partition coefficient (Wildman–Crippen LogP) is 5.03. The van der Waals surface area contributed by atoms with Crippen LogP contribution in [0.1, 0.15) is 53.6 Å². The molecule has 2 nitrogen and oxygen atoms in total. The summed E-state index contributed by atoms with van der Waals surface area (Å²) in [5.41, 5.74) is 11.5. The van der Waals surface area contributed by atoms with Gasteiger partial charge in [-0.25, -0.2) is 0 Å². The zero-order valence-electron chi connectivity index (χ0n) is 18.1. The zero-order valence-corrected chi connectivity index (χ0v) is 20.1. The Bertz CT molecular complexity index is 713. The van der Waals surface area contributed by atoms with Gasteiger partial charge in [-0.2, -0.15) is 0 Å². The van der Waals surface area contributed by atoms with E-state index in [1.54, 1.807) is 0 Å². The Morgan fingerprint density at radius 2 is 0.962 bits per heavy atom. The van der Waals surface area contributed by atoms with Gasteiger partial charge in [0.05, 0.1) is 0 Å². The summed E-state index contributed by atoms with van der Waals surface area (Å²) >= 11 is -1.22. The third kappa shape index (κ3) is 3.53. The van der Waals surface area contributed by atoms with Gasteiger partial charge in [0.25, 0.3) is 0 Å². The molecule has 2 atom stereocenters. The molecular formula is C23H34AlN2-. The maximum Gasteiger partial charge on any atom is 0.354 e. The van der Waals surface area contributed by atoms with E-state index in [2.05, 4.69) is 87.4 Å². The molecule has 1 heterocycles. The van der Waals surface area contributed by atoms with Crippen LogP contribution in [0, 0.1) is 41.5 Å². The molecule has 0 aromatic heterocycles. The van der Waals surface area contributed by atoms with Gasteiger partial charge in [-0.05, 0) is 108 Å². The Morgan fingerprint density at radius 3 is 1.27 bits per heavy atom. The van der Waals surface area contributed by atoms with E-state index in [9.17, 15) is 0 Å². The highest BCUT2D eigenvalue weighted by Crippen LogP contribution is 2.35. The fraction of sp³-hybridized carbons (Fsp3) is 0.478. The molecule has 2 unspecified atom stereocenters. The van der Waals surface area contributed by atoms with Gasteiger partial charge in [0.1, 0.15) is 0 Å². The first-order chi connectivity index (χ1) is 12.2. The predicted molar refractivity (Wildman–Crippen MR) is 118 cm³/mol. The third-order valence-electron chi connectivity index (χ3n) is 6.41. The molecule has 0 radical (unpaired) electrons. The van der Waals surface area contributed by atoms with Crippen LogP contribution in [0.3, 0.4) is 0 Å². The largest absolute Gasteiger partial charge is 0.575 e. The lowest BCUT2D eigenvalue weighted by Crippen LogP contribution is -2.57. The van der Waals surface area contributed by atoms with Gasteiger partial charge in [-0.1, -0.05) is 35.4 Å². The van der Waals surface area contributed by atoms with E-state index < -0.39 is 15.7 Å². The maximum absolute atomic E-state index is 2.81. The Labute approximate surface area is 166 Å². The van der Waals surface area contributed by atoms with Crippen LogP contribution < -0.4 is 7.77 Å². The average molecular weight is 366 g/mol. The van der Waals surface area contributed by atoms with Crippen LogP contribution in [0.4, 0.5) is 11.4 Å². The van der Waals surface area contributed by atoms with Crippen LogP contribution in [0.2, 0.25) is 0 Å². The van der Waals surface area contributed by atoms with E-state index in [0.29, 0.717) is 12.1 Å². The van der Waals surface area contributed by atoms with Crippen molar-refractivity contribution in [2.24, 2.45) is 0 Å². The van der Waals surface area contributed by atoms with E-state index in [1.165, 1.54) is 51.2 Å². The molecule has 1 aliphatic heterocycles. The quantitative estimate of drug-likeness (QED) is 0.689. The van der Waals surface area contributed by atoms with Gasteiger partial charge < -0.3 is 7.77 Å². The summed E-state index contributed by atoms with van der Waals surface area (Å²) in [5, 5.41) is 0. The van der Waals surface area contributed by atoms with Crippen molar-refractivity contribution >= 4 is 27.0 Å². The summed E-state index contributed by atoms with van der Waals surface area (Å²) in [7, 11) is 0. The van der Waals surface area contributed by atoms with E-state index in [4.69, 9.17) is 0 Å². The van der Waals surface area contributed by atoms with E-state index >= 15 is 0 Å². The Hall–Kier alpha value is -1.43. The molecule has 2 aromatic carbocycles. The number of rotatable bonds is 2. The van der Waals surface area contributed by atoms with Crippen LogP contribution in [0.25, 0.3) is 0 Å². The number of hydrogen-bond donors (Lipinski definition) is 0. The first kappa shape index (κ1) is 19.3. The van der Waals surface area contributed by atoms with Crippen molar-refractivity contribution in [3.05, 3.63) is 57.6 Å². The number of nitrogens with zero attached hydrogens (tertiary/aromatic N) is 2. The lowest BCUT2D eigenvalue weighted by molar-refractivity contribution is 0.549. The van der Waals surface area contributed by atoms with Crippen molar-refractivity contribution in [3.8, 4) is 0 Å². The molecule has 1 fully saturated rings. The minimum Gasteiger partial charge on any atom is -0.575 e. The molecule has 1 aliphatic rings. The first-order valence-corrected chi connectivity index (χ1v) is 11.9. The highest BCUT2D eigenvalue weighted by Gasteiger charge is 2.27. The fourth-order valence-corrected chi connectivity index (χ4v) is 9.02. The molecule has 0 aliphatic carbocycles.